The summed E-state index contributed by atoms with van der Waals surface area (Å²) in [5.41, 5.74) is 4.13. The van der Waals surface area contributed by atoms with Crippen LogP contribution in [0.4, 0.5) is 0 Å². The second-order valence-electron chi connectivity index (χ2n) is 8.60. The molecule has 0 aliphatic rings. The predicted molar refractivity (Wildman–Crippen MR) is 107 cm³/mol. The van der Waals surface area contributed by atoms with Crippen LogP contribution in [-0.4, -0.2) is 5.11 Å². The van der Waals surface area contributed by atoms with E-state index in [2.05, 4.69) is 47.6 Å². The van der Waals surface area contributed by atoms with E-state index in [0.29, 0.717) is 11.3 Å². The lowest BCUT2D eigenvalue weighted by Gasteiger charge is -2.29. The summed E-state index contributed by atoms with van der Waals surface area (Å²) in [6.45, 7) is 12.6. The number of aromatic hydroxyl groups is 1. The van der Waals surface area contributed by atoms with Crippen molar-refractivity contribution in [2.24, 2.45) is 0 Å². The van der Waals surface area contributed by atoms with Crippen molar-refractivity contribution >= 4 is 12.6 Å². The maximum Gasteiger partial charge on any atom is 0.123 e. The number of benzene rings is 2. The molecule has 0 aliphatic heterocycles. The van der Waals surface area contributed by atoms with Gasteiger partial charge in [-0.1, -0.05) is 65.8 Å². The SMILES string of the molecule is CC(C)(C)c1cc(C(S)c2cccc(C#N)c2)cc(C(C)(C)C)c1O. The summed E-state index contributed by atoms with van der Waals surface area (Å²) in [4.78, 5) is 0. The molecule has 25 heavy (non-hydrogen) atoms. The number of phenolic OH excluding ortho intramolecular Hbond substituents is 1. The van der Waals surface area contributed by atoms with Crippen LogP contribution < -0.4 is 0 Å². The van der Waals surface area contributed by atoms with Gasteiger partial charge in [0.05, 0.1) is 16.9 Å². The van der Waals surface area contributed by atoms with Crippen LogP contribution in [-0.2, 0) is 10.8 Å². The van der Waals surface area contributed by atoms with Gasteiger partial charge in [0.1, 0.15) is 5.75 Å². The monoisotopic (exact) mass is 353 g/mol. The van der Waals surface area contributed by atoms with E-state index in [1.165, 1.54) is 0 Å². The van der Waals surface area contributed by atoms with E-state index in [1.54, 1.807) is 6.07 Å². The van der Waals surface area contributed by atoms with Gasteiger partial charge in [0.2, 0.25) is 0 Å². The van der Waals surface area contributed by atoms with Crippen molar-refractivity contribution in [1.82, 2.24) is 0 Å². The molecule has 2 aromatic rings. The molecular formula is C22H27NOS. The van der Waals surface area contributed by atoms with Crippen molar-refractivity contribution in [3.05, 3.63) is 64.2 Å². The fourth-order valence-electron chi connectivity index (χ4n) is 2.93. The second kappa shape index (κ2) is 6.77. The quantitative estimate of drug-likeness (QED) is 0.662. The van der Waals surface area contributed by atoms with E-state index >= 15 is 0 Å². The number of thiol groups is 1. The van der Waals surface area contributed by atoms with Gasteiger partial charge in [-0.25, -0.2) is 0 Å². The number of nitriles is 1. The minimum atomic E-state index is -0.178. The second-order valence-corrected chi connectivity index (χ2v) is 9.12. The smallest absolute Gasteiger partial charge is 0.123 e. The predicted octanol–water partition coefficient (Wildman–Crippen LogP) is 5.88. The van der Waals surface area contributed by atoms with E-state index in [1.807, 2.05) is 30.3 Å². The highest BCUT2D eigenvalue weighted by molar-refractivity contribution is 7.80. The van der Waals surface area contributed by atoms with Crippen molar-refractivity contribution in [2.75, 3.05) is 0 Å². The highest BCUT2D eigenvalue weighted by atomic mass is 32.1. The molecule has 0 saturated carbocycles. The largest absolute Gasteiger partial charge is 0.507 e. The van der Waals surface area contributed by atoms with Crippen LogP contribution in [0.1, 0.15) is 74.6 Å². The molecule has 0 spiro atoms. The number of phenols is 1. The molecule has 0 radical (unpaired) electrons. The summed E-state index contributed by atoms with van der Waals surface area (Å²) in [5.74, 6) is 0.370. The molecule has 1 unspecified atom stereocenters. The summed E-state index contributed by atoms with van der Waals surface area (Å²) >= 11 is 4.82. The first-order chi connectivity index (χ1) is 11.4. The molecule has 2 aromatic carbocycles. The molecule has 1 N–H and O–H groups in total. The lowest BCUT2D eigenvalue weighted by molar-refractivity contribution is 0.423. The zero-order valence-electron chi connectivity index (χ0n) is 15.9. The van der Waals surface area contributed by atoms with Crippen LogP contribution in [0.15, 0.2) is 36.4 Å². The molecule has 0 heterocycles. The van der Waals surface area contributed by atoms with Gasteiger partial charge >= 0.3 is 0 Å². The van der Waals surface area contributed by atoms with E-state index < -0.39 is 0 Å². The Hall–Kier alpha value is -1.92. The van der Waals surface area contributed by atoms with Gasteiger partial charge in [0, 0.05) is 0 Å². The molecule has 2 rings (SSSR count). The van der Waals surface area contributed by atoms with Gasteiger partial charge < -0.3 is 5.11 Å². The van der Waals surface area contributed by atoms with Crippen LogP contribution in [0, 0.1) is 11.3 Å². The van der Waals surface area contributed by atoms with Gasteiger partial charge in [-0.3, -0.25) is 0 Å². The molecule has 3 heteroatoms. The molecule has 0 fully saturated rings. The number of rotatable bonds is 2. The molecule has 0 aliphatic carbocycles. The van der Waals surface area contributed by atoms with Gasteiger partial charge in [-0.15, -0.1) is 0 Å². The Morgan fingerprint density at radius 3 is 1.88 bits per heavy atom. The highest BCUT2D eigenvalue weighted by Crippen LogP contribution is 2.42. The number of nitrogens with zero attached hydrogens (tertiary/aromatic N) is 1. The Labute approximate surface area is 156 Å². The maximum absolute atomic E-state index is 10.9. The van der Waals surface area contributed by atoms with E-state index in [4.69, 9.17) is 17.9 Å². The minimum Gasteiger partial charge on any atom is -0.507 e. The summed E-state index contributed by atoms with van der Waals surface area (Å²) in [6, 6.07) is 13.8. The average molecular weight is 354 g/mol. The van der Waals surface area contributed by atoms with Gasteiger partial charge in [-0.2, -0.15) is 17.9 Å². The molecule has 0 amide bonds. The summed E-state index contributed by atoms with van der Waals surface area (Å²) < 4.78 is 0. The van der Waals surface area contributed by atoms with Crippen LogP contribution in [0.3, 0.4) is 0 Å². The van der Waals surface area contributed by atoms with Crippen molar-refractivity contribution in [2.45, 2.75) is 57.6 Å². The van der Waals surface area contributed by atoms with Crippen molar-refractivity contribution < 1.29 is 5.11 Å². The molecule has 2 nitrogen and oxygen atoms in total. The molecule has 0 saturated heterocycles. The maximum atomic E-state index is 10.9. The lowest BCUT2D eigenvalue weighted by Crippen LogP contribution is -2.18. The van der Waals surface area contributed by atoms with E-state index in [0.717, 1.165) is 22.3 Å². The summed E-state index contributed by atoms with van der Waals surface area (Å²) in [7, 11) is 0. The Morgan fingerprint density at radius 2 is 1.44 bits per heavy atom. The molecule has 1 atom stereocenters. The molecule has 132 valence electrons. The van der Waals surface area contributed by atoms with Crippen molar-refractivity contribution in [3.63, 3.8) is 0 Å². The van der Waals surface area contributed by atoms with Crippen LogP contribution in [0.5, 0.6) is 5.75 Å². The normalized spacial score (nSPS) is 13.4. The third-order valence-electron chi connectivity index (χ3n) is 4.40. The fraction of sp³-hybridized carbons (Fsp3) is 0.409. The van der Waals surface area contributed by atoms with Gasteiger partial charge in [-0.05, 0) is 45.2 Å². The van der Waals surface area contributed by atoms with E-state index in [-0.39, 0.29) is 16.1 Å². The standard InChI is InChI=1S/C22H27NOS/c1-21(2,3)17-11-16(12-18(19(17)24)22(4,5)6)20(25)15-9-7-8-14(10-15)13-23/h7-12,20,24-25H,1-6H3. The van der Waals surface area contributed by atoms with Gasteiger partial charge in [0.15, 0.2) is 0 Å². The first kappa shape index (κ1) is 19.4. The summed E-state index contributed by atoms with van der Waals surface area (Å²) in [5, 5.41) is 19.8. The molecular weight excluding hydrogens is 326 g/mol. The first-order valence-electron chi connectivity index (χ1n) is 8.51. The lowest BCUT2D eigenvalue weighted by atomic mass is 9.78. The zero-order valence-corrected chi connectivity index (χ0v) is 16.8. The molecule has 0 aromatic heterocycles. The highest BCUT2D eigenvalue weighted by Gasteiger charge is 2.27. The Morgan fingerprint density at radius 1 is 0.920 bits per heavy atom. The third-order valence-corrected chi connectivity index (χ3v) is 4.99. The van der Waals surface area contributed by atoms with Crippen molar-refractivity contribution in [3.8, 4) is 11.8 Å². The van der Waals surface area contributed by atoms with Crippen LogP contribution in [0.25, 0.3) is 0 Å². The average Bonchev–Trinajstić information content (AvgIpc) is 2.52. The van der Waals surface area contributed by atoms with E-state index in [9.17, 15) is 5.11 Å². The minimum absolute atomic E-state index is 0.156. The van der Waals surface area contributed by atoms with Crippen molar-refractivity contribution in [1.29, 1.82) is 5.26 Å². The first-order valence-corrected chi connectivity index (χ1v) is 9.03. The molecule has 0 bridgehead atoms. The number of hydrogen-bond donors (Lipinski definition) is 2. The van der Waals surface area contributed by atoms with Gasteiger partial charge in [0.25, 0.3) is 0 Å². The fourth-order valence-corrected chi connectivity index (χ4v) is 3.24. The Kier molecular flexibility index (Phi) is 5.25. The Bertz CT molecular complexity index is 784. The third kappa shape index (κ3) is 4.19. The Balaban J connectivity index is 2.66. The van der Waals surface area contributed by atoms with Crippen LogP contribution >= 0.6 is 12.6 Å². The topological polar surface area (TPSA) is 44.0 Å². The zero-order chi connectivity index (χ0) is 19.0. The summed E-state index contributed by atoms with van der Waals surface area (Å²) in [6.07, 6.45) is 0. The number of hydrogen-bond acceptors (Lipinski definition) is 3. The van der Waals surface area contributed by atoms with Crippen LogP contribution in [0.2, 0.25) is 0 Å².